The molecule has 0 aliphatic carbocycles. The van der Waals surface area contributed by atoms with Crippen LogP contribution in [0.4, 0.5) is 5.69 Å². The summed E-state index contributed by atoms with van der Waals surface area (Å²) in [4.78, 5) is 24.8. The molecule has 1 aromatic carbocycles. The van der Waals surface area contributed by atoms with E-state index in [9.17, 15) is 9.59 Å². The number of esters is 2. The van der Waals surface area contributed by atoms with E-state index in [1.807, 2.05) is 36.4 Å². The van der Waals surface area contributed by atoms with Crippen molar-refractivity contribution in [1.29, 1.82) is 0 Å². The molecule has 1 aliphatic rings. The first-order valence-electron chi connectivity index (χ1n) is 7.61. The van der Waals surface area contributed by atoms with Crippen LogP contribution in [-0.4, -0.2) is 17.7 Å². The SMILES string of the molecule is CC1(C)OC(=O)C(=CNc2ccc(SCc3ccco3)cc2)C(=O)O1. The maximum absolute atomic E-state index is 11.8. The van der Waals surface area contributed by atoms with Gasteiger partial charge < -0.3 is 19.2 Å². The van der Waals surface area contributed by atoms with E-state index < -0.39 is 17.7 Å². The zero-order valence-electron chi connectivity index (χ0n) is 13.8. The number of benzene rings is 1. The molecule has 7 heteroatoms. The lowest BCUT2D eigenvalue weighted by molar-refractivity contribution is -0.222. The van der Waals surface area contributed by atoms with Crippen molar-refractivity contribution in [3.63, 3.8) is 0 Å². The van der Waals surface area contributed by atoms with Crippen LogP contribution in [0.25, 0.3) is 0 Å². The molecule has 130 valence electrons. The van der Waals surface area contributed by atoms with Crippen LogP contribution in [0.1, 0.15) is 19.6 Å². The van der Waals surface area contributed by atoms with Gasteiger partial charge in [0.25, 0.3) is 5.79 Å². The minimum atomic E-state index is -1.24. The van der Waals surface area contributed by atoms with Gasteiger partial charge in [-0.25, -0.2) is 9.59 Å². The Morgan fingerprint density at radius 2 is 1.76 bits per heavy atom. The average molecular weight is 359 g/mol. The van der Waals surface area contributed by atoms with E-state index in [1.54, 1.807) is 18.0 Å². The molecule has 25 heavy (non-hydrogen) atoms. The molecule has 0 bridgehead atoms. The molecule has 1 N–H and O–H groups in total. The van der Waals surface area contributed by atoms with E-state index in [1.165, 1.54) is 20.0 Å². The maximum atomic E-state index is 11.8. The Labute approximate surface area is 149 Å². The van der Waals surface area contributed by atoms with Crippen LogP contribution >= 0.6 is 11.8 Å². The van der Waals surface area contributed by atoms with Gasteiger partial charge in [-0.2, -0.15) is 0 Å². The van der Waals surface area contributed by atoms with Crippen LogP contribution in [0.2, 0.25) is 0 Å². The summed E-state index contributed by atoms with van der Waals surface area (Å²) in [5.41, 5.74) is 0.566. The second-order valence-corrected chi connectivity index (χ2v) is 6.82. The highest BCUT2D eigenvalue weighted by molar-refractivity contribution is 7.98. The molecule has 1 aliphatic heterocycles. The third kappa shape index (κ3) is 4.45. The van der Waals surface area contributed by atoms with Crippen molar-refractivity contribution < 1.29 is 23.5 Å². The second-order valence-electron chi connectivity index (χ2n) is 5.77. The molecule has 0 spiro atoms. The van der Waals surface area contributed by atoms with Crippen LogP contribution < -0.4 is 5.32 Å². The fraction of sp³-hybridized carbons (Fsp3) is 0.222. The Balaban J connectivity index is 1.59. The lowest BCUT2D eigenvalue weighted by Gasteiger charge is -2.29. The molecule has 6 nitrogen and oxygen atoms in total. The fourth-order valence-corrected chi connectivity index (χ4v) is 2.93. The number of hydrogen-bond acceptors (Lipinski definition) is 7. The summed E-state index contributed by atoms with van der Waals surface area (Å²) in [6.07, 6.45) is 2.95. The van der Waals surface area contributed by atoms with Gasteiger partial charge in [-0.05, 0) is 36.4 Å². The number of rotatable bonds is 5. The predicted molar refractivity (Wildman–Crippen MR) is 92.7 cm³/mol. The highest BCUT2D eigenvalue weighted by atomic mass is 32.2. The van der Waals surface area contributed by atoms with Crippen LogP contribution in [0.15, 0.2) is 63.7 Å². The number of cyclic esters (lactones) is 2. The standard InChI is InChI=1S/C18H17NO5S/c1-18(2)23-16(20)15(17(21)24-18)10-19-12-5-7-14(8-6-12)25-11-13-4-3-9-22-13/h3-10,19H,11H2,1-2H3. The van der Waals surface area contributed by atoms with E-state index in [2.05, 4.69) is 5.32 Å². The zero-order chi connectivity index (χ0) is 17.9. The van der Waals surface area contributed by atoms with Crippen molar-refractivity contribution in [3.8, 4) is 0 Å². The second kappa shape index (κ2) is 7.06. The molecule has 1 aromatic heterocycles. The molecule has 2 aromatic rings. The first-order chi connectivity index (χ1) is 11.9. The zero-order valence-corrected chi connectivity index (χ0v) is 14.6. The van der Waals surface area contributed by atoms with Gasteiger partial charge in [0, 0.05) is 30.6 Å². The third-order valence-corrected chi connectivity index (χ3v) is 4.35. The van der Waals surface area contributed by atoms with Gasteiger partial charge in [-0.15, -0.1) is 11.8 Å². The van der Waals surface area contributed by atoms with E-state index >= 15 is 0 Å². The van der Waals surface area contributed by atoms with Crippen molar-refractivity contribution in [1.82, 2.24) is 0 Å². The van der Waals surface area contributed by atoms with Gasteiger partial charge in [-0.3, -0.25) is 0 Å². The number of thioether (sulfide) groups is 1. The van der Waals surface area contributed by atoms with Gasteiger partial charge in [0.05, 0.1) is 12.0 Å². The summed E-state index contributed by atoms with van der Waals surface area (Å²) in [5, 5.41) is 2.91. The Hall–Kier alpha value is -2.67. The molecule has 0 amide bonds. The number of ether oxygens (including phenoxy) is 2. The Morgan fingerprint density at radius 1 is 1.08 bits per heavy atom. The topological polar surface area (TPSA) is 77.8 Å². The quantitative estimate of drug-likeness (QED) is 0.377. The fourth-order valence-electron chi connectivity index (χ4n) is 2.13. The smallest absolute Gasteiger partial charge is 0.350 e. The maximum Gasteiger partial charge on any atom is 0.350 e. The largest absolute Gasteiger partial charge is 0.468 e. The van der Waals surface area contributed by atoms with Crippen molar-refractivity contribution in [2.24, 2.45) is 0 Å². The normalized spacial score (nSPS) is 16.2. The number of nitrogens with one attached hydrogen (secondary N) is 1. The summed E-state index contributed by atoms with van der Waals surface area (Å²) in [6.45, 7) is 3.01. The van der Waals surface area contributed by atoms with Crippen LogP contribution in [0.5, 0.6) is 0 Å². The van der Waals surface area contributed by atoms with Crippen LogP contribution in [0.3, 0.4) is 0 Å². The molecule has 0 radical (unpaired) electrons. The summed E-state index contributed by atoms with van der Waals surface area (Å²) in [7, 11) is 0. The molecule has 0 saturated carbocycles. The highest BCUT2D eigenvalue weighted by Gasteiger charge is 2.38. The van der Waals surface area contributed by atoms with Crippen molar-refractivity contribution >= 4 is 29.4 Å². The number of carbonyl (C=O) groups is 2. The Morgan fingerprint density at radius 3 is 2.36 bits per heavy atom. The summed E-state index contributed by atoms with van der Waals surface area (Å²) >= 11 is 1.65. The molecule has 2 heterocycles. The van der Waals surface area contributed by atoms with Gasteiger partial charge in [0.2, 0.25) is 0 Å². The Bertz CT molecular complexity index is 771. The molecule has 3 rings (SSSR count). The Kier molecular flexibility index (Phi) is 4.85. The third-order valence-electron chi connectivity index (χ3n) is 3.32. The minimum absolute atomic E-state index is 0.171. The lowest BCUT2D eigenvalue weighted by Crippen LogP contribution is -2.42. The van der Waals surface area contributed by atoms with Crippen LogP contribution in [0, 0.1) is 0 Å². The van der Waals surface area contributed by atoms with E-state index in [4.69, 9.17) is 13.9 Å². The monoisotopic (exact) mass is 359 g/mol. The molecular weight excluding hydrogens is 342 g/mol. The predicted octanol–water partition coefficient (Wildman–Crippen LogP) is 3.70. The summed E-state index contributed by atoms with van der Waals surface area (Å²) < 4.78 is 15.3. The van der Waals surface area contributed by atoms with E-state index in [0.29, 0.717) is 0 Å². The van der Waals surface area contributed by atoms with Crippen LogP contribution in [-0.2, 0) is 24.8 Å². The molecule has 0 atom stereocenters. The minimum Gasteiger partial charge on any atom is -0.468 e. The van der Waals surface area contributed by atoms with Gasteiger partial charge >= 0.3 is 11.9 Å². The van der Waals surface area contributed by atoms with Gasteiger partial charge in [-0.1, -0.05) is 0 Å². The molecule has 1 saturated heterocycles. The number of carbonyl (C=O) groups excluding carboxylic acids is 2. The molecule has 0 unspecified atom stereocenters. The first kappa shape index (κ1) is 17.2. The van der Waals surface area contributed by atoms with Crippen molar-refractivity contribution in [2.45, 2.75) is 30.3 Å². The number of furan rings is 1. The van der Waals surface area contributed by atoms with E-state index in [-0.39, 0.29) is 5.57 Å². The number of anilines is 1. The molecule has 1 fully saturated rings. The lowest BCUT2D eigenvalue weighted by atomic mass is 10.2. The summed E-state index contributed by atoms with van der Waals surface area (Å²) in [5.74, 6) is -0.997. The van der Waals surface area contributed by atoms with Crippen molar-refractivity contribution in [2.75, 3.05) is 5.32 Å². The van der Waals surface area contributed by atoms with Gasteiger partial charge in [0.15, 0.2) is 5.57 Å². The highest BCUT2D eigenvalue weighted by Crippen LogP contribution is 2.25. The molecular formula is C18H17NO5S. The van der Waals surface area contributed by atoms with E-state index in [0.717, 1.165) is 22.1 Å². The first-order valence-corrected chi connectivity index (χ1v) is 8.60. The number of hydrogen-bond donors (Lipinski definition) is 1. The van der Waals surface area contributed by atoms with Crippen molar-refractivity contribution in [3.05, 3.63) is 60.2 Å². The van der Waals surface area contributed by atoms with Gasteiger partial charge in [0.1, 0.15) is 5.76 Å². The average Bonchev–Trinajstić information content (AvgIpc) is 3.05. The summed E-state index contributed by atoms with van der Waals surface area (Å²) in [6, 6.07) is 11.4.